The van der Waals surface area contributed by atoms with Crippen LogP contribution in [0.25, 0.3) is 0 Å². The average molecular weight is 392 g/mol. The highest BCUT2D eigenvalue weighted by Gasteiger charge is 2.32. The van der Waals surface area contributed by atoms with Crippen LogP contribution < -0.4 is 14.2 Å². The smallest absolute Gasteiger partial charge is 0.237 e. The van der Waals surface area contributed by atoms with Gasteiger partial charge in [-0.3, -0.25) is 9.69 Å². The number of carbonyl (C=O) groups is 1. The molecular weight excluding hydrogens is 360 g/mol. The maximum atomic E-state index is 13.0. The molecule has 1 aliphatic heterocycles. The monoisotopic (exact) mass is 392 g/mol. The third kappa shape index (κ3) is 4.70. The summed E-state index contributed by atoms with van der Waals surface area (Å²) in [5.41, 5.74) is 0.844. The van der Waals surface area contributed by atoms with Crippen LogP contribution in [0, 0.1) is 0 Å². The molecule has 1 heterocycles. The lowest BCUT2D eigenvalue weighted by atomic mass is 9.94. The Hall–Kier alpha value is -1.99. The van der Waals surface area contributed by atoms with Crippen LogP contribution in [-0.4, -0.2) is 73.9 Å². The molecule has 0 spiro atoms. The minimum absolute atomic E-state index is 0.0925. The molecule has 7 nitrogen and oxygen atoms in total. The molecule has 0 aromatic heterocycles. The van der Waals surface area contributed by atoms with Crippen molar-refractivity contribution < 1.29 is 24.1 Å². The van der Waals surface area contributed by atoms with Gasteiger partial charge in [0.05, 0.1) is 39.5 Å². The standard InChI is InChI=1S/C21H32N2O5/c1-26-17-9-19(27-2)18(20(10-17)28-3)13-22-11-16(24)12-23(21(25)14-22)15-7-5-4-6-8-15/h9-10,15-16,24H,4-8,11-14H2,1-3H3. The van der Waals surface area contributed by atoms with Crippen molar-refractivity contribution in [1.82, 2.24) is 9.80 Å². The van der Waals surface area contributed by atoms with Gasteiger partial charge in [-0.15, -0.1) is 0 Å². The zero-order valence-electron chi connectivity index (χ0n) is 17.1. The zero-order valence-corrected chi connectivity index (χ0v) is 17.1. The second kappa shape index (κ2) is 9.47. The normalized spacial score (nSPS) is 22.1. The number of methoxy groups -OCH3 is 3. The highest BCUT2D eigenvalue weighted by molar-refractivity contribution is 5.79. The molecule has 2 fully saturated rings. The van der Waals surface area contributed by atoms with E-state index >= 15 is 0 Å². The predicted octanol–water partition coefficient (Wildman–Crippen LogP) is 2.05. The fourth-order valence-corrected chi connectivity index (χ4v) is 4.35. The van der Waals surface area contributed by atoms with Gasteiger partial charge >= 0.3 is 0 Å². The number of nitrogens with zero attached hydrogens (tertiary/aromatic N) is 2. The number of ether oxygens (including phenoxy) is 3. The number of carbonyl (C=O) groups excluding carboxylic acids is 1. The highest BCUT2D eigenvalue weighted by Crippen LogP contribution is 2.35. The van der Waals surface area contributed by atoms with Crippen LogP contribution >= 0.6 is 0 Å². The fourth-order valence-electron chi connectivity index (χ4n) is 4.35. The van der Waals surface area contributed by atoms with Gasteiger partial charge in [-0.1, -0.05) is 19.3 Å². The Morgan fingerprint density at radius 2 is 1.64 bits per heavy atom. The second-order valence-corrected chi connectivity index (χ2v) is 7.67. The summed E-state index contributed by atoms with van der Waals surface area (Å²) in [6, 6.07) is 3.88. The van der Waals surface area contributed by atoms with E-state index in [-0.39, 0.29) is 18.5 Å². The van der Waals surface area contributed by atoms with Gasteiger partial charge in [-0.25, -0.2) is 0 Å². The summed E-state index contributed by atoms with van der Waals surface area (Å²) in [5.74, 6) is 2.03. The molecule has 1 saturated carbocycles. The van der Waals surface area contributed by atoms with Gasteiger partial charge in [0.15, 0.2) is 0 Å². The number of amides is 1. The Balaban J connectivity index is 1.78. The molecule has 1 aromatic carbocycles. The Morgan fingerprint density at radius 1 is 1.00 bits per heavy atom. The van der Waals surface area contributed by atoms with Gasteiger partial charge < -0.3 is 24.2 Å². The van der Waals surface area contributed by atoms with Gasteiger partial charge in [-0.2, -0.15) is 0 Å². The summed E-state index contributed by atoms with van der Waals surface area (Å²) in [5, 5.41) is 10.6. The average Bonchev–Trinajstić information content (AvgIpc) is 2.86. The fraction of sp³-hybridized carbons (Fsp3) is 0.667. The highest BCUT2D eigenvalue weighted by atomic mass is 16.5. The van der Waals surface area contributed by atoms with Gasteiger partial charge in [0.25, 0.3) is 0 Å². The van der Waals surface area contributed by atoms with Gasteiger partial charge in [0.2, 0.25) is 5.91 Å². The Labute approximate surface area is 167 Å². The molecule has 1 saturated heterocycles. The van der Waals surface area contributed by atoms with Crippen molar-refractivity contribution in [3.63, 3.8) is 0 Å². The van der Waals surface area contributed by atoms with E-state index in [0.717, 1.165) is 31.2 Å². The van der Waals surface area contributed by atoms with Crippen LogP contribution in [0.3, 0.4) is 0 Å². The zero-order chi connectivity index (χ0) is 20.1. The van der Waals surface area contributed by atoms with Crippen LogP contribution in [0.15, 0.2) is 12.1 Å². The molecular formula is C21H32N2O5. The lowest BCUT2D eigenvalue weighted by Gasteiger charge is -2.34. The molecule has 156 valence electrons. The molecule has 1 amide bonds. The largest absolute Gasteiger partial charge is 0.496 e. The number of β-amino-alcohol motifs (C(OH)–C–C–N with tert-alkyl or cyclic N) is 1. The van der Waals surface area contributed by atoms with Gasteiger partial charge in [0, 0.05) is 37.8 Å². The van der Waals surface area contributed by atoms with Crippen molar-refractivity contribution in [2.75, 3.05) is 41.0 Å². The first-order valence-electron chi connectivity index (χ1n) is 10.0. The topological polar surface area (TPSA) is 71.5 Å². The van der Waals surface area contributed by atoms with E-state index < -0.39 is 6.10 Å². The number of hydrogen-bond donors (Lipinski definition) is 1. The SMILES string of the molecule is COc1cc(OC)c(CN2CC(=O)N(C3CCCCC3)CC(O)C2)c(OC)c1. The first-order chi connectivity index (χ1) is 13.5. The summed E-state index contributed by atoms with van der Waals surface area (Å²) >= 11 is 0. The third-order valence-corrected chi connectivity index (χ3v) is 5.77. The van der Waals surface area contributed by atoms with E-state index in [1.807, 2.05) is 21.9 Å². The van der Waals surface area contributed by atoms with E-state index in [2.05, 4.69) is 0 Å². The van der Waals surface area contributed by atoms with Crippen LogP contribution in [-0.2, 0) is 11.3 Å². The number of benzene rings is 1. The second-order valence-electron chi connectivity index (χ2n) is 7.67. The molecule has 1 aliphatic carbocycles. The van der Waals surface area contributed by atoms with Crippen molar-refractivity contribution in [3.8, 4) is 17.2 Å². The molecule has 2 aliphatic rings. The summed E-state index contributed by atoms with van der Waals surface area (Å²) < 4.78 is 16.4. The van der Waals surface area contributed by atoms with Crippen LogP contribution in [0.4, 0.5) is 0 Å². The molecule has 7 heteroatoms. The third-order valence-electron chi connectivity index (χ3n) is 5.77. The summed E-state index contributed by atoms with van der Waals surface area (Å²) in [7, 11) is 4.80. The van der Waals surface area contributed by atoms with E-state index in [0.29, 0.717) is 36.9 Å². The van der Waals surface area contributed by atoms with Gasteiger partial charge in [0.1, 0.15) is 17.2 Å². The Kier molecular flexibility index (Phi) is 7.02. The first-order valence-corrected chi connectivity index (χ1v) is 10.0. The van der Waals surface area contributed by atoms with Crippen LogP contribution in [0.2, 0.25) is 0 Å². The summed E-state index contributed by atoms with van der Waals surface area (Å²) in [4.78, 5) is 16.8. The van der Waals surface area contributed by atoms with Crippen LogP contribution in [0.1, 0.15) is 37.7 Å². The molecule has 28 heavy (non-hydrogen) atoms. The van der Waals surface area contributed by atoms with Gasteiger partial charge in [-0.05, 0) is 12.8 Å². The van der Waals surface area contributed by atoms with Crippen molar-refractivity contribution in [2.24, 2.45) is 0 Å². The van der Waals surface area contributed by atoms with E-state index in [9.17, 15) is 9.90 Å². The number of hydrogen-bond acceptors (Lipinski definition) is 6. The number of rotatable bonds is 6. The van der Waals surface area contributed by atoms with E-state index in [1.165, 1.54) is 6.42 Å². The van der Waals surface area contributed by atoms with E-state index in [1.54, 1.807) is 21.3 Å². The van der Waals surface area contributed by atoms with Crippen molar-refractivity contribution in [3.05, 3.63) is 17.7 Å². The maximum absolute atomic E-state index is 13.0. The van der Waals surface area contributed by atoms with Crippen LogP contribution in [0.5, 0.6) is 17.2 Å². The number of aliphatic hydroxyl groups excluding tert-OH is 1. The van der Waals surface area contributed by atoms with E-state index in [4.69, 9.17) is 14.2 Å². The van der Waals surface area contributed by atoms with Crippen molar-refractivity contribution in [2.45, 2.75) is 50.8 Å². The molecule has 3 rings (SSSR count). The molecule has 0 bridgehead atoms. The lowest BCUT2D eigenvalue weighted by Crippen LogP contribution is -2.45. The molecule has 1 aromatic rings. The molecule has 1 N–H and O–H groups in total. The Morgan fingerprint density at radius 3 is 2.21 bits per heavy atom. The summed E-state index contributed by atoms with van der Waals surface area (Å²) in [6.45, 7) is 1.59. The predicted molar refractivity (Wildman–Crippen MR) is 106 cm³/mol. The van der Waals surface area contributed by atoms with Crippen molar-refractivity contribution in [1.29, 1.82) is 0 Å². The Bertz CT molecular complexity index is 650. The first kappa shape index (κ1) is 20.7. The molecule has 1 atom stereocenters. The number of aliphatic hydroxyl groups is 1. The minimum atomic E-state index is -0.566. The minimum Gasteiger partial charge on any atom is -0.496 e. The quantitative estimate of drug-likeness (QED) is 0.799. The lowest BCUT2D eigenvalue weighted by molar-refractivity contribution is -0.134. The summed E-state index contributed by atoms with van der Waals surface area (Å²) in [6.07, 6.45) is 5.08. The van der Waals surface area contributed by atoms with Crippen molar-refractivity contribution >= 4 is 5.91 Å². The molecule has 0 radical (unpaired) electrons. The maximum Gasteiger partial charge on any atom is 0.237 e. The molecule has 1 unspecified atom stereocenters.